The first kappa shape index (κ1) is 21.8. The third kappa shape index (κ3) is 6.88. The lowest BCUT2D eigenvalue weighted by atomic mass is 10.1. The van der Waals surface area contributed by atoms with Crippen LogP contribution in [0.2, 0.25) is 5.02 Å². The van der Waals surface area contributed by atoms with Crippen LogP contribution in [0, 0.1) is 5.92 Å². The predicted octanol–water partition coefficient (Wildman–Crippen LogP) is 4.54. The number of halogens is 2. The van der Waals surface area contributed by atoms with Gasteiger partial charge < -0.3 is 15.5 Å². The van der Waals surface area contributed by atoms with E-state index in [1.807, 2.05) is 24.3 Å². The molecule has 6 heteroatoms. The zero-order valence-corrected chi connectivity index (χ0v) is 18.8. The maximum Gasteiger partial charge on any atom is 0.191 e. The van der Waals surface area contributed by atoms with Gasteiger partial charge >= 0.3 is 0 Å². The van der Waals surface area contributed by atoms with Crippen LogP contribution in [0.3, 0.4) is 0 Å². The van der Waals surface area contributed by atoms with Crippen LogP contribution in [0.25, 0.3) is 0 Å². The normalized spacial score (nSPS) is 16.7. The Balaban J connectivity index is 0.00000261. The standard InChI is InChI=1S/C21H27ClN4.HI/c1-2-23-21(24-14-17-8-10-19(22)11-9-17)25-15-18-12-13-26(16-18)20-6-4-3-5-7-20;/h3-11,18H,2,12-16H2,1H3,(H2,23,24,25);1H. The number of nitrogens with zero attached hydrogens (tertiary/aromatic N) is 2. The number of aliphatic imine (C=N–C) groups is 1. The van der Waals surface area contributed by atoms with E-state index in [2.05, 4.69) is 57.8 Å². The molecule has 0 spiro atoms. The highest BCUT2D eigenvalue weighted by Gasteiger charge is 2.22. The van der Waals surface area contributed by atoms with E-state index in [-0.39, 0.29) is 24.0 Å². The van der Waals surface area contributed by atoms with E-state index in [0.717, 1.165) is 42.7 Å². The van der Waals surface area contributed by atoms with Gasteiger partial charge in [0.2, 0.25) is 0 Å². The third-order valence-corrected chi connectivity index (χ3v) is 4.89. The first-order valence-electron chi connectivity index (χ1n) is 9.31. The summed E-state index contributed by atoms with van der Waals surface area (Å²) in [7, 11) is 0. The highest BCUT2D eigenvalue weighted by molar-refractivity contribution is 14.0. The number of rotatable bonds is 6. The van der Waals surface area contributed by atoms with Crippen molar-refractivity contribution in [3.63, 3.8) is 0 Å². The molecule has 1 saturated heterocycles. The van der Waals surface area contributed by atoms with Gasteiger partial charge in [0.15, 0.2) is 5.96 Å². The Bertz CT molecular complexity index is 706. The van der Waals surface area contributed by atoms with Gasteiger partial charge in [0, 0.05) is 36.9 Å². The molecule has 2 aromatic rings. The summed E-state index contributed by atoms with van der Waals surface area (Å²) in [6.45, 7) is 6.74. The van der Waals surface area contributed by atoms with Gasteiger partial charge in [-0.15, -0.1) is 24.0 Å². The minimum atomic E-state index is 0. The quantitative estimate of drug-likeness (QED) is 0.349. The van der Waals surface area contributed by atoms with Gasteiger partial charge in [0.1, 0.15) is 0 Å². The number of nitrogens with one attached hydrogen (secondary N) is 2. The Morgan fingerprint density at radius 3 is 2.56 bits per heavy atom. The molecule has 0 saturated carbocycles. The van der Waals surface area contributed by atoms with Crippen LogP contribution >= 0.6 is 35.6 Å². The fraction of sp³-hybridized carbons (Fsp3) is 0.381. The van der Waals surface area contributed by atoms with E-state index < -0.39 is 0 Å². The molecule has 146 valence electrons. The van der Waals surface area contributed by atoms with Gasteiger partial charge in [-0.25, -0.2) is 4.99 Å². The molecule has 1 atom stereocenters. The van der Waals surface area contributed by atoms with Crippen molar-refractivity contribution in [1.82, 2.24) is 10.6 Å². The third-order valence-electron chi connectivity index (χ3n) is 4.64. The van der Waals surface area contributed by atoms with E-state index in [9.17, 15) is 0 Å². The molecule has 0 aliphatic carbocycles. The summed E-state index contributed by atoms with van der Waals surface area (Å²) in [4.78, 5) is 7.15. The summed E-state index contributed by atoms with van der Waals surface area (Å²) in [5.74, 6) is 1.51. The molecule has 4 nitrogen and oxygen atoms in total. The van der Waals surface area contributed by atoms with Crippen LogP contribution in [0.15, 0.2) is 59.6 Å². The molecule has 1 aliphatic heterocycles. The van der Waals surface area contributed by atoms with Crippen molar-refractivity contribution in [3.8, 4) is 0 Å². The lowest BCUT2D eigenvalue weighted by Crippen LogP contribution is -2.40. The summed E-state index contributed by atoms with van der Waals surface area (Å²) in [6.07, 6.45) is 1.21. The molecule has 1 unspecified atom stereocenters. The molecule has 0 aromatic heterocycles. The van der Waals surface area contributed by atoms with E-state index in [1.165, 1.54) is 12.1 Å². The fourth-order valence-corrected chi connectivity index (χ4v) is 3.34. The lowest BCUT2D eigenvalue weighted by molar-refractivity contribution is 0.566. The van der Waals surface area contributed by atoms with Crippen LogP contribution in [-0.4, -0.2) is 32.1 Å². The number of guanidine groups is 1. The molecule has 2 aromatic carbocycles. The van der Waals surface area contributed by atoms with Crippen molar-refractivity contribution in [2.45, 2.75) is 19.9 Å². The number of anilines is 1. The summed E-state index contributed by atoms with van der Waals surface area (Å²) >= 11 is 5.94. The SMILES string of the molecule is CCNC(=NCc1ccc(Cl)cc1)NCC1CCN(c2ccccc2)C1.I. The highest BCUT2D eigenvalue weighted by atomic mass is 127. The Hall–Kier alpha value is -1.47. The molecule has 2 N–H and O–H groups in total. The zero-order valence-electron chi connectivity index (χ0n) is 15.7. The second-order valence-electron chi connectivity index (χ2n) is 6.64. The van der Waals surface area contributed by atoms with Crippen molar-refractivity contribution >= 4 is 47.2 Å². The second kappa shape index (κ2) is 11.4. The van der Waals surface area contributed by atoms with Crippen molar-refractivity contribution < 1.29 is 0 Å². The summed E-state index contributed by atoms with van der Waals surface area (Å²) in [5, 5.41) is 7.59. The van der Waals surface area contributed by atoms with Crippen LogP contribution in [-0.2, 0) is 6.54 Å². The van der Waals surface area contributed by atoms with Gasteiger partial charge in [-0.1, -0.05) is 41.9 Å². The van der Waals surface area contributed by atoms with E-state index >= 15 is 0 Å². The number of para-hydroxylation sites is 1. The van der Waals surface area contributed by atoms with Crippen molar-refractivity contribution in [2.24, 2.45) is 10.9 Å². The molecular formula is C21H28ClIN4. The Labute approximate surface area is 184 Å². The molecular weight excluding hydrogens is 471 g/mol. The van der Waals surface area contributed by atoms with Crippen molar-refractivity contribution in [1.29, 1.82) is 0 Å². The van der Waals surface area contributed by atoms with Crippen LogP contribution < -0.4 is 15.5 Å². The molecule has 3 rings (SSSR count). The molecule has 0 bridgehead atoms. The van der Waals surface area contributed by atoms with E-state index in [1.54, 1.807) is 0 Å². The largest absolute Gasteiger partial charge is 0.371 e. The molecule has 0 amide bonds. The monoisotopic (exact) mass is 498 g/mol. The average molecular weight is 499 g/mol. The van der Waals surface area contributed by atoms with Crippen LogP contribution in [0.4, 0.5) is 5.69 Å². The maximum absolute atomic E-state index is 5.94. The van der Waals surface area contributed by atoms with Gasteiger partial charge in [-0.3, -0.25) is 0 Å². The lowest BCUT2D eigenvalue weighted by Gasteiger charge is -2.19. The molecule has 0 radical (unpaired) electrons. The topological polar surface area (TPSA) is 39.7 Å². The Kier molecular flexibility index (Phi) is 9.21. The van der Waals surface area contributed by atoms with Crippen LogP contribution in [0.5, 0.6) is 0 Å². The van der Waals surface area contributed by atoms with Crippen molar-refractivity contribution in [3.05, 3.63) is 65.2 Å². The Morgan fingerprint density at radius 1 is 1.11 bits per heavy atom. The van der Waals surface area contributed by atoms with Gasteiger partial charge in [0.25, 0.3) is 0 Å². The average Bonchev–Trinajstić information content (AvgIpc) is 3.15. The Morgan fingerprint density at radius 2 is 1.85 bits per heavy atom. The first-order valence-corrected chi connectivity index (χ1v) is 9.69. The molecule has 1 heterocycles. The van der Waals surface area contributed by atoms with Gasteiger partial charge in [-0.05, 0) is 49.1 Å². The molecule has 1 aliphatic rings. The first-order chi connectivity index (χ1) is 12.7. The summed E-state index contributed by atoms with van der Waals surface area (Å²) in [6, 6.07) is 18.5. The number of hydrogen-bond donors (Lipinski definition) is 2. The van der Waals surface area contributed by atoms with Crippen molar-refractivity contribution in [2.75, 3.05) is 31.1 Å². The fourth-order valence-electron chi connectivity index (χ4n) is 3.22. The smallest absolute Gasteiger partial charge is 0.191 e. The van der Waals surface area contributed by atoms with E-state index in [0.29, 0.717) is 12.5 Å². The van der Waals surface area contributed by atoms with Gasteiger partial charge in [-0.2, -0.15) is 0 Å². The molecule has 27 heavy (non-hydrogen) atoms. The second-order valence-corrected chi connectivity index (χ2v) is 7.08. The maximum atomic E-state index is 5.94. The molecule has 1 fully saturated rings. The van der Waals surface area contributed by atoms with Crippen LogP contribution in [0.1, 0.15) is 18.9 Å². The predicted molar refractivity (Wildman–Crippen MR) is 126 cm³/mol. The highest BCUT2D eigenvalue weighted by Crippen LogP contribution is 2.22. The number of benzene rings is 2. The number of hydrogen-bond acceptors (Lipinski definition) is 2. The minimum absolute atomic E-state index is 0. The van der Waals surface area contributed by atoms with Gasteiger partial charge in [0.05, 0.1) is 6.54 Å². The van der Waals surface area contributed by atoms with E-state index in [4.69, 9.17) is 11.6 Å². The summed E-state index contributed by atoms with van der Waals surface area (Å²) < 4.78 is 0. The minimum Gasteiger partial charge on any atom is -0.371 e. The summed E-state index contributed by atoms with van der Waals surface area (Å²) in [5.41, 5.74) is 2.47. The zero-order chi connectivity index (χ0) is 18.2.